The molecule has 1 aliphatic rings. The lowest BCUT2D eigenvalue weighted by atomic mass is 9.77. The summed E-state index contributed by atoms with van der Waals surface area (Å²) in [6.07, 6.45) is 0.560. The minimum Gasteiger partial charge on any atom is -0.481 e. The Morgan fingerprint density at radius 2 is 1.90 bits per heavy atom. The number of amides is 1. The van der Waals surface area contributed by atoms with Crippen molar-refractivity contribution >= 4 is 11.9 Å². The lowest BCUT2D eigenvalue weighted by Crippen LogP contribution is -2.41. The van der Waals surface area contributed by atoms with Gasteiger partial charge in [0.1, 0.15) is 0 Å². The Morgan fingerprint density at radius 1 is 1.30 bits per heavy atom. The van der Waals surface area contributed by atoms with Crippen molar-refractivity contribution in [1.29, 1.82) is 0 Å². The summed E-state index contributed by atoms with van der Waals surface area (Å²) in [5.74, 6) is -1.29. The lowest BCUT2D eigenvalue weighted by molar-refractivity contribution is -0.142. The maximum Gasteiger partial charge on any atom is 0.313 e. The number of nitrogens with two attached hydrogens (primary N) is 1. The zero-order chi connectivity index (χ0) is 15.0. The minimum atomic E-state index is -0.968. The molecule has 1 atom stereocenters. The van der Waals surface area contributed by atoms with E-state index >= 15 is 0 Å². The molecule has 5 nitrogen and oxygen atoms in total. The van der Waals surface area contributed by atoms with Crippen LogP contribution in [0.1, 0.15) is 31.4 Å². The summed E-state index contributed by atoms with van der Waals surface area (Å²) in [7, 11) is 0. The van der Waals surface area contributed by atoms with Gasteiger partial charge >= 0.3 is 5.97 Å². The molecule has 3 N–H and O–H groups in total. The zero-order valence-corrected chi connectivity index (χ0v) is 11.7. The zero-order valence-electron chi connectivity index (χ0n) is 11.7. The number of benzene rings is 1. The van der Waals surface area contributed by atoms with Crippen LogP contribution in [0.2, 0.25) is 0 Å². The Hall–Kier alpha value is -1.88. The first-order valence-corrected chi connectivity index (χ1v) is 6.53. The van der Waals surface area contributed by atoms with Crippen molar-refractivity contribution in [3.63, 3.8) is 0 Å². The normalized spacial score (nSPS) is 22.7. The molecule has 2 rings (SSSR count). The van der Waals surface area contributed by atoms with Gasteiger partial charge in [-0.15, -0.1) is 0 Å². The van der Waals surface area contributed by atoms with E-state index in [-0.39, 0.29) is 6.61 Å². The van der Waals surface area contributed by atoms with E-state index in [1.165, 1.54) is 0 Å². The molecule has 0 radical (unpaired) electrons. The molecule has 1 heterocycles. The first-order chi connectivity index (χ1) is 9.30. The van der Waals surface area contributed by atoms with Crippen LogP contribution in [-0.4, -0.2) is 30.2 Å². The summed E-state index contributed by atoms with van der Waals surface area (Å²) >= 11 is 0. The lowest BCUT2D eigenvalue weighted by Gasteiger charge is -2.25. The highest BCUT2D eigenvalue weighted by Crippen LogP contribution is 2.34. The van der Waals surface area contributed by atoms with Crippen LogP contribution in [-0.2, 0) is 25.2 Å². The van der Waals surface area contributed by atoms with Crippen molar-refractivity contribution in [2.75, 3.05) is 13.2 Å². The Kier molecular flexibility index (Phi) is 3.56. The number of primary amides is 1. The molecule has 5 heteroatoms. The molecule has 0 aromatic heterocycles. The van der Waals surface area contributed by atoms with Crippen LogP contribution < -0.4 is 5.73 Å². The second-order valence-electron chi connectivity index (χ2n) is 5.76. The summed E-state index contributed by atoms with van der Waals surface area (Å²) in [5.41, 5.74) is 5.24. The molecule has 0 bridgehead atoms. The topological polar surface area (TPSA) is 89.6 Å². The molecule has 1 unspecified atom stereocenters. The van der Waals surface area contributed by atoms with E-state index in [2.05, 4.69) is 0 Å². The van der Waals surface area contributed by atoms with E-state index < -0.39 is 22.7 Å². The Balaban J connectivity index is 2.37. The van der Waals surface area contributed by atoms with Gasteiger partial charge in [-0.2, -0.15) is 0 Å². The SMILES string of the molecule is CC(C)(C(=O)O)c1ccc(C2(C(N)=O)CCOC2)cc1. The standard InChI is InChI=1S/C15H19NO4/c1-14(2,13(18)19)10-3-5-11(6-4-10)15(12(16)17)7-8-20-9-15/h3-6H,7-9H2,1-2H3,(H2,16,17)(H,18,19). The van der Waals surface area contributed by atoms with Crippen LogP contribution in [0.4, 0.5) is 0 Å². The van der Waals surface area contributed by atoms with Crippen LogP contribution in [0, 0.1) is 0 Å². The van der Waals surface area contributed by atoms with Gasteiger partial charge in [0.25, 0.3) is 0 Å². The van der Waals surface area contributed by atoms with Crippen LogP contribution in [0.5, 0.6) is 0 Å². The largest absolute Gasteiger partial charge is 0.481 e. The van der Waals surface area contributed by atoms with Crippen LogP contribution in [0.25, 0.3) is 0 Å². The van der Waals surface area contributed by atoms with E-state index in [0.29, 0.717) is 18.6 Å². The van der Waals surface area contributed by atoms with Gasteiger partial charge in [-0.05, 0) is 31.4 Å². The number of ether oxygens (including phenoxy) is 1. The minimum absolute atomic E-state index is 0.282. The highest BCUT2D eigenvalue weighted by atomic mass is 16.5. The molecule has 1 amide bonds. The number of carboxylic acid groups (broad SMARTS) is 1. The highest BCUT2D eigenvalue weighted by Gasteiger charge is 2.42. The van der Waals surface area contributed by atoms with Crippen molar-refractivity contribution in [1.82, 2.24) is 0 Å². The average Bonchev–Trinajstić information content (AvgIpc) is 2.89. The number of rotatable bonds is 4. The van der Waals surface area contributed by atoms with E-state index in [1.807, 2.05) is 0 Å². The van der Waals surface area contributed by atoms with Gasteiger partial charge in [0.15, 0.2) is 0 Å². The maximum atomic E-state index is 11.8. The van der Waals surface area contributed by atoms with Crippen molar-refractivity contribution in [2.45, 2.75) is 31.1 Å². The van der Waals surface area contributed by atoms with Crippen molar-refractivity contribution < 1.29 is 19.4 Å². The van der Waals surface area contributed by atoms with Gasteiger partial charge in [-0.1, -0.05) is 24.3 Å². The fraction of sp³-hybridized carbons (Fsp3) is 0.467. The van der Waals surface area contributed by atoms with Crippen molar-refractivity contribution in [3.05, 3.63) is 35.4 Å². The maximum absolute atomic E-state index is 11.8. The molecule has 1 saturated heterocycles. The predicted molar refractivity (Wildman–Crippen MR) is 73.4 cm³/mol. The average molecular weight is 277 g/mol. The summed E-state index contributed by atoms with van der Waals surface area (Å²) in [6.45, 7) is 4.08. The molecule has 1 aliphatic heterocycles. The van der Waals surface area contributed by atoms with Crippen molar-refractivity contribution in [3.8, 4) is 0 Å². The van der Waals surface area contributed by atoms with Crippen molar-refractivity contribution in [2.24, 2.45) is 5.73 Å². The third-order valence-corrected chi connectivity index (χ3v) is 4.19. The molecular weight excluding hydrogens is 258 g/mol. The number of carbonyl (C=O) groups is 2. The van der Waals surface area contributed by atoms with E-state index in [0.717, 1.165) is 5.56 Å². The monoisotopic (exact) mass is 277 g/mol. The molecule has 108 valence electrons. The second-order valence-corrected chi connectivity index (χ2v) is 5.76. The third-order valence-electron chi connectivity index (χ3n) is 4.19. The quantitative estimate of drug-likeness (QED) is 0.865. The number of hydrogen-bond acceptors (Lipinski definition) is 3. The molecule has 0 aliphatic carbocycles. The van der Waals surface area contributed by atoms with Gasteiger partial charge in [-0.25, -0.2) is 0 Å². The van der Waals surface area contributed by atoms with Gasteiger partial charge in [-0.3, -0.25) is 9.59 Å². The number of carbonyl (C=O) groups excluding carboxylic acids is 1. The molecule has 0 saturated carbocycles. The molecule has 20 heavy (non-hydrogen) atoms. The van der Waals surface area contributed by atoms with Gasteiger partial charge < -0.3 is 15.6 Å². The molecule has 0 spiro atoms. The highest BCUT2D eigenvalue weighted by molar-refractivity contribution is 5.87. The van der Waals surface area contributed by atoms with Crippen LogP contribution >= 0.6 is 0 Å². The van der Waals surface area contributed by atoms with Crippen LogP contribution in [0.15, 0.2) is 24.3 Å². The number of aliphatic carboxylic acids is 1. The third kappa shape index (κ3) is 2.18. The first-order valence-electron chi connectivity index (χ1n) is 6.53. The smallest absolute Gasteiger partial charge is 0.313 e. The summed E-state index contributed by atoms with van der Waals surface area (Å²) < 4.78 is 5.32. The predicted octanol–water partition coefficient (Wildman–Crippen LogP) is 1.19. The summed E-state index contributed by atoms with van der Waals surface area (Å²) in [6, 6.07) is 7.04. The van der Waals surface area contributed by atoms with E-state index in [4.69, 9.17) is 10.5 Å². The van der Waals surface area contributed by atoms with Gasteiger partial charge in [0.2, 0.25) is 5.91 Å². The van der Waals surface area contributed by atoms with Gasteiger partial charge in [0.05, 0.1) is 17.4 Å². The van der Waals surface area contributed by atoms with Gasteiger partial charge in [0, 0.05) is 6.61 Å². The first kappa shape index (κ1) is 14.5. The molecule has 1 fully saturated rings. The Labute approximate surface area is 117 Å². The fourth-order valence-electron chi connectivity index (χ4n) is 2.46. The molecule has 1 aromatic rings. The number of hydrogen-bond donors (Lipinski definition) is 2. The summed E-state index contributed by atoms with van der Waals surface area (Å²) in [4.78, 5) is 23.0. The Morgan fingerprint density at radius 3 is 2.30 bits per heavy atom. The second kappa shape index (κ2) is 4.90. The number of carboxylic acids is 1. The Bertz CT molecular complexity index is 527. The molecule has 1 aromatic carbocycles. The van der Waals surface area contributed by atoms with Crippen LogP contribution in [0.3, 0.4) is 0 Å². The van der Waals surface area contributed by atoms with E-state index in [9.17, 15) is 14.7 Å². The molecular formula is C15H19NO4. The summed E-state index contributed by atoms with van der Waals surface area (Å²) in [5, 5.41) is 9.22. The fourth-order valence-corrected chi connectivity index (χ4v) is 2.46. The van der Waals surface area contributed by atoms with E-state index in [1.54, 1.807) is 38.1 Å².